The van der Waals surface area contributed by atoms with Crippen molar-refractivity contribution in [3.63, 3.8) is 0 Å². The first-order valence-electron chi connectivity index (χ1n) is 6.03. The number of carbonyl (C=O) groups excluding carboxylic acids is 1. The van der Waals surface area contributed by atoms with Gasteiger partial charge in [-0.1, -0.05) is 27.2 Å². The largest absolute Gasteiger partial charge is 0.384 e. The highest BCUT2D eigenvalue weighted by Crippen LogP contribution is 2.17. The summed E-state index contributed by atoms with van der Waals surface area (Å²) in [5.41, 5.74) is 0.0545. The lowest BCUT2D eigenvalue weighted by Crippen LogP contribution is -2.19. The summed E-state index contributed by atoms with van der Waals surface area (Å²) in [5.74, 6) is -0.213. The number of aliphatic hydroxyl groups is 1. The third kappa shape index (κ3) is 3.88. The fourth-order valence-corrected chi connectivity index (χ4v) is 1.97. The lowest BCUT2D eigenvalue weighted by Gasteiger charge is -2.11. The molecule has 1 aromatic carbocycles. The number of hydrogen-bond donors (Lipinski definition) is 2. The molecule has 0 saturated heterocycles. The van der Waals surface area contributed by atoms with E-state index < -0.39 is 5.60 Å². The molecule has 0 unspecified atom stereocenters. The number of anilines is 1. The lowest BCUT2D eigenvalue weighted by molar-refractivity contribution is -0.116. The number of aromatic nitrogens is 3. The molecule has 0 bridgehead atoms. The Balaban J connectivity index is 2.00. The summed E-state index contributed by atoms with van der Waals surface area (Å²) in [6.07, 6.45) is 1.56. The fraction of sp³-hybridized carbons (Fsp3) is 0.308. The van der Waals surface area contributed by atoms with Crippen molar-refractivity contribution in [2.45, 2.75) is 26.0 Å². The summed E-state index contributed by atoms with van der Waals surface area (Å²) >= 11 is 3.34. The number of hydrogen-bond acceptors (Lipinski definition) is 4. The average Bonchev–Trinajstić information content (AvgIpc) is 2.76. The van der Waals surface area contributed by atoms with Crippen LogP contribution in [-0.2, 0) is 16.9 Å². The SMILES string of the molecule is CC(C)(O)c1cn(CC(=O)Nc2cccc(Br)c2)nn1. The van der Waals surface area contributed by atoms with Gasteiger partial charge in [0.1, 0.15) is 17.8 Å². The van der Waals surface area contributed by atoms with Crippen molar-refractivity contribution >= 4 is 27.5 Å². The van der Waals surface area contributed by atoms with Crippen molar-refractivity contribution < 1.29 is 9.90 Å². The molecule has 0 aliphatic rings. The van der Waals surface area contributed by atoms with Crippen LogP contribution in [0.15, 0.2) is 34.9 Å². The van der Waals surface area contributed by atoms with Gasteiger partial charge >= 0.3 is 0 Å². The van der Waals surface area contributed by atoms with Crippen LogP contribution in [0.2, 0.25) is 0 Å². The van der Waals surface area contributed by atoms with Gasteiger partial charge in [-0.15, -0.1) is 5.10 Å². The Hall–Kier alpha value is -1.73. The van der Waals surface area contributed by atoms with Crippen molar-refractivity contribution in [1.29, 1.82) is 0 Å². The number of rotatable bonds is 4. The van der Waals surface area contributed by atoms with Crippen LogP contribution in [0.25, 0.3) is 0 Å². The first-order chi connectivity index (χ1) is 9.34. The van der Waals surface area contributed by atoms with Gasteiger partial charge in [-0.3, -0.25) is 4.79 Å². The number of nitrogens with one attached hydrogen (secondary N) is 1. The van der Waals surface area contributed by atoms with E-state index in [1.165, 1.54) is 4.68 Å². The van der Waals surface area contributed by atoms with Crippen molar-refractivity contribution in [2.24, 2.45) is 0 Å². The molecule has 20 heavy (non-hydrogen) atoms. The van der Waals surface area contributed by atoms with E-state index in [0.717, 1.165) is 4.47 Å². The van der Waals surface area contributed by atoms with E-state index in [1.807, 2.05) is 18.2 Å². The van der Waals surface area contributed by atoms with E-state index >= 15 is 0 Å². The highest BCUT2D eigenvalue weighted by molar-refractivity contribution is 9.10. The van der Waals surface area contributed by atoms with E-state index in [-0.39, 0.29) is 12.5 Å². The predicted molar refractivity (Wildman–Crippen MR) is 78.0 cm³/mol. The van der Waals surface area contributed by atoms with E-state index in [9.17, 15) is 9.90 Å². The minimum atomic E-state index is -1.07. The van der Waals surface area contributed by atoms with Crippen molar-refractivity contribution in [2.75, 3.05) is 5.32 Å². The summed E-state index contributed by atoms with van der Waals surface area (Å²) in [5, 5.41) is 20.2. The average molecular weight is 339 g/mol. The van der Waals surface area contributed by atoms with Crippen LogP contribution >= 0.6 is 15.9 Å². The van der Waals surface area contributed by atoms with Crippen LogP contribution in [0.3, 0.4) is 0 Å². The zero-order chi connectivity index (χ0) is 14.8. The van der Waals surface area contributed by atoms with Crippen LogP contribution < -0.4 is 5.32 Å². The predicted octanol–water partition coefficient (Wildman–Crippen LogP) is 1.91. The third-order valence-corrected chi connectivity index (χ3v) is 3.07. The molecule has 1 amide bonds. The minimum Gasteiger partial charge on any atom is -0.384 e. The number of nitrogens with zero attached hydrogens (tertiary/aromatic N) is 3. The topological polar surface area (TPSA) is 80.0 Å². The number of amides is 1. The zero-order valence-electron chi connectivity index (χ0n) is 11.2. The van der Waals surface area contributed by atoms with Crippen molar-refractivity contribution in [3.8, 4) is 0 Å². The summed E-state index contributed by atoms with van der Waals surface area (Å²) < 4.78 is 2.28. The quantitative estimate of drug-likeness (QED) is 0.892. The van der Waals surface area contributed by atoms with Gasteiger partial charge in [0.15, 0.2) is 0 Å². The summed E-state index contributed by atoms with van der Waals surface area (Å²) in [7, 11) is 0. The molecule has 2 N–H and O–H groups in total. The van der Waals surface area contributed by atoms with Gasteiger partial charge in [-0.05, 0) is 32.0 Å². The maximum atomic E-state index is 11.9. The molecule has 0 radical (unpaired) electrons. The second-order valence-corrected chi connectivity index (χ2v) is 5.83. The first kappa shape index (κ1) is 14.7. The second-order valence-electron chi connectivity index (χ2n) is 4.92. The highest BCUT2D eigenvalue weighted by atomic mass is 79.9. The van der Waals surface area contributed by atoms with Gasteiger partial charge in [0.25, 0.3) is 0 Å². The molecule has 2 aromatic rings. The van der Waals surface area contributed by atoms with Crippen molar-refractivity contribution in [3.05, 3.63) is 40.6 Å². The monoisotopic (exact) mass is 338 g/mol. The summed E-state index contributed by atoms with van der Waals surface area (Å²) in [6, 6.07) is 7.32. The molecule has 1 heterocycles. The Bertz CT molecular complexity index is 619. The Morgan fingerprint density at radius 3 is 2.85 bits per heavy atom. The number of halogens is 1. The zero-order valence-corrected chi connectivity index (χ0v) is 12.8. The van der Waals surface area contributed by atoms with E-state index in [1.54, 1.807) is 26.1 Å². The molecule has 0 aliphatic heterocycles. The van der Waals surface area contributed by atoms with E-state index in [0.29, 0.717) is 11.4 Å². The summed E-state index contributed by atoms with van der Waals surface area (Å²) in [4.78, 5) is 11.9. The molecule has 6 nitrogen and oxygen atoms in total. The Kier molecular flexibility index (Phi) is 4.20. The van der Waals surface area contributed by atoms with Gasteiger partial charge < -0.3 is 10.4 Å². The molecule has 2 rings (SSSR count). The Morgan fingerprint density at radius 1 is 1.50 bits per heavy atom. The first-order valence-corrected chi connectivity index (χ1v) is 6.82. The van der Waals surface area contributed by atoms with Crippen LogP contribution in [-0.4, -0.2) is 26.0 Å². The molecule has 0 aliphatic carbocycles. The normalized spacial score (nSPS) is 11.4. The van der Waals surface area contributed by atoms with Gasteiger partial charge in [-0.25, -0.2) is 4.68 Å². The molecule has 0 fully saturated rings. The molecular weight excluding hydrogens is 324 g/mol. The van der Waals surface area contributed by atoms with Crippen LogP contribution in [0, 0.1) is 0 Å². The maximum absolute atomic E-state index is 11.9. The minimum absolute atomic E-state index is 0.0373. The smallest absolute Gasteiger partial charge is 0.246 e. The molecule has 7 heteroatoms. The van der Waals surface area contributed by atoms with Gasteiger partial charge in [0.2, 0.25) is 5.91 Å². The second kappa shape index (κ2) is 5.72. The Labute approximate surface area is 124 Å². The summed E-state index contributed by atoms with van der Waals surface area (Å²) in [6.45, 7) is 3.27. The molecule has 0 spiro atoms. The van der Waals surface area contributed by atoms with Gasteiger partial charge in [-0.2, -0.15) is 0 Å². The highest BCUT2D eigenvalue weighted by Gasteiger charge is 2.20. The molecular formula is C13H15BrN4O2. The molecule has 0 atom stereocenters. The van der Waals surface area contributed by atoms with Crippen LogP contribution in [0.4, 0.5) is 5.69 Å². The molecule has 106 valence electrons. The van der Waals surface area contributed by atoms with Gasteiger partial charge in [0.05, 0.1) is 6.20 Å². The number of carbonyl (C=O) groups is 1. The number of benzene rings is 1. The standard InChI is InChI=1S/C13H15BrN4O2/c1-13(2,20)11-7-18(17-16-11)8-12(19)15-10-5-3-4-9(14)6-10/h3-7,20H,8H2,1-2H3,(H,15,19). The fourth-order valence-electron chi connectivity index (χ4n) is 1.57. The lowest BCUT2D eigenvalue weighted by atomic mass is 10.1. The molecule has 1 aromatic heterocycles. The third-order valence-electron chi connectivity index (χ3n) is 2.58. The van der Waals surface area contributed by atoms with E-state index in [2.05, 4.69) is 31.6 Å². The van der Waals surface area contributed by atoms with Gasteiger partial charge in [0, 0.05) is 10.2 Å². The van der Waals surface area contributed by atoms with Crippen LogP contribution in [0.5, 0.6) is 0 Å². The maximum Gasteiger partial charge on any atom is 0.246 e. The van der Waals surface area contributed by atoms with Crippen molar-refractivity contribution in [1.82, 2.24) is 15.0 Å². The molecule has 0 saturated carbocycles. The van der Waals surface area contributed by atoms with E-state index in [4.69, 9.17) is 0 Å². The Morgan fingerprint density at radius 2 is 2.25 bits per heavy atom. The van der Waals surface area contributed by atoms with Crippen LogP contribution in [0.1, 0.15) is 19.5 Å².